The average Bonchev–Trinajstić information content (AvgIpc) is 2.41. The van der Waals surface area contributed by atoms with Crippen LogP contribution in [0.5, 0.6) is 0 Å². The third kappa shape index (κ3) is 3.78. The maximum atomic E-state index is 11.4. The number of nitrogens with one attached hydrogen (secondary N) is 1. The number of thioether (sulfide) groups is 1. The van der Waals surface area contributed by atoms with Gasteiger partial charge < -0.3 is 16.8 Å². The predicted octanol–water partition coefficient (Wildman–Crippen LogP) is 0.828. The van der Waals surface area contributed by atoms with Crippen LogP contribution in [0.2, 0.25) is 0 Å². The van der Waals surface area contributed by atoms with Crippen LogP contribution in [0, 0.1) is 0 Å². The van der Waals surface area contributed by atoms with Crippen molar-refractivity contribution in [1.29, 1.82) is 0 Å². The highest BCUT2D eigenvalue weighted by atomic mass is 32.2. The van der Waals surface area contributed by atoms with E-state index in [1.807, 2.05) is 11.8 Å². The molecule has 1 fully saturated rings. The van der Waals surface area contributed by atoms with E-state index in [1.165, 1.54) is 11.5 Å². The molecule has 1 aromatic rings. The molecule has 1 aliphatic rings. The van der Waals surface area contributed by atoms with Crippen molar-refractivity contribution in [3.63, 3.8) is 0 Å². The Hall–Kier alpha value is -1.40. The van der Waals surface area contributed by atoms with Gasteiger partial charge in [-0.2, -0.15) is 11.8 Å². The summed E-state index contributed by atoms with van der Waals surface area (Å²) < 4.78 is 0. The molecule has 0 bridgehead atoms. The van der Waals surface area contributed by atoms with Crippen molar-refractivity contribution in [2.75, 3.05) is 48.7 Å². The van der Waals surface area contributed by atoms with Gasteiger partial charge in [0.15, 0.2) is 0 Å². The van der Waals surface area contributed by atoms with Gasteiger partial charge in [0.25, 0.3) is 5.91 Å². The van der Waals surface area contributed by atoms with Crippen LogP contribution in [-0.2, 0) is 0 Å². The van der Waals surface area contributed by atoms with Crippen LogP contribution in [0.3, 0.4) is 0 Å². The number of anilines is 2. The summed E-state index contributed by atoms with van der Waals surface area (Å²) in [5.74, 6) is 1.93. The van der Waals surface area contributed by atoms with E-state index >= 15 is 0 Å². The molecule has 0 aliphatic carbocycles. The van der Waals surface area contributed by atoms with Gasteiger partial charge >= 0.3 is 0 Å². The van der Waals surface area contributed by atoms with Crippen LogP contribution in [0.1, 0.15) is 10.4 Å². The predicted molar refractivity (Wildman–Crippen MR) is 81.6 cm³/mol. The summed E-state index contributed by atoms with van der Waals surface area (Å²) in [5, 5.41) is 3.24. The number of nitrogens with two attached hydrogens (primary N) is 2. The monoisotopic (exact) mass is 280 g/mol. The fourth-order valence-corrected chi connectivity index (χ4v) is 3.12. The van der Waals surface area contributed by atoms with E-state index in [2.05, 4.69) is 10.2 Å². The van der Waals surface area contributed by atoms with Crippen molar-refractivity contribution >= 4 is 29.0 Å². The summed E-state index contributed by atoms with van der Waals surface area (Å²) in [5.41, 5.74) is 12.9. The Morgan fingerprint density at radius 3 is 2.79 bits per heavy atom. The maximum Gasteiger partial charge on any atom is 0.250 e. The summed E-state index contributed by atoms with van der Waals surface area (Å²) in [4.78, 5) is 13.8. The molecule has 2 rings (SSSR count). The molecule has 19 heavy (non-hydrogen) atoms. The quantitative estimate of drug-likeness (QED) is 0.696. The molecule has 0 atom stereocenters. The summed E-state index contributed by atoms with van der Waals surface area (Å²) in [6, 6.07) is 5.20. The largest absolute Gasteiger partial charge is 0.397 e. The van der Waals surface area contributed by atoms with E-state index < -0.39 is 5.91 Å². The first-order chi connectivity index (χ1) is 9.18. The molecule has 0 unspecified atom stereocenters. The van der Waals surface area contributed by atoms with Crippen molar-refractivity contribution in [1.82, 2.24) is 4.90 Å². The van der Waals surface area contributed by atoms with Gasteiger partial charge in [-0.15, -0.1) is 0 Å². The highest BCUT2D eigenvalue weighted by Crippen LogP contribution is 2.22. The van der Waals surface area contributed by atoms with Crippen LogP contribution in [-0.4, -0.2) is 48.5 Å². The third-order valence-electron chi connectivity index (χ3n) is 3.20. The molecular formula is C13H20N4OS. The minimum Gasteiger partial charge on any atom is -0.397 e. The Bertz CT molecular complexity index is 446. The van der Waals surface area contributed by atoms with Gasteiger partial charge in [-0.05, 0) is 12.1 Å². The fourth-order valence-electron chi connectivity index (χ4n) is 2.14. The molecular weight excluding hydrogens is 260 g/mol. The summed E-state index contributed by atoms with van der Waals surface area (Å²) >= 11 is 1.99. The van der Waals surface area contributed by atoms with Gasteiger partial charge in [0.05, 0.1) is 16.9 Å². The average molecular weight is 280 g/mol. The molecule has 1 heterocycles. The number of carbonyl (C=O) groups excluding carboxylic acids is 1. The number of nitrogens with zero attached hydrogens (tertiary/aromatic N) is 1. The van der Waals surface area contributed by atoms with E-state index in [9.17, 15) is 4.79 Å². The zero-order chi connectivity index (χ0) is 13.7. The smallest absolute Gasteiger partial charge is 0.250 e. The lowest BCUT2D eigenvalue weighted by atomic mass is 10.1. The van der Waals surface area contributed by atoms with Crippen molar-refractivity contribution in [2.45, 2.75) is 0 Å². The minimum atomic E-state index is -0.454. The lowest BCUT2D eigenvalue weighted by molar-refractivity contribution is 0.100. The molecule has 0 spiro atoms. The van der Waals surface area contributed by atoms with E-state index in [4.69, 9.17) is 11.5 Å². The number of carbonyl (C=O) groups is 1. The van der Waals surface area contributed by atoms with Crippen molar-refractivity contribution < 1.29 is 4.79 Å². The van der Waals surface area contributed by atoms with Crippen LogP contribution >= 0.6 is 11.8 Å². The van der Waals surface area contributed by atoms with E-state index in [1.54, 1.807) is 18.2 Å². The SMILES string of the molecule is NC(=O)c1cccc(N)c1NCCN1CCSCC1. The van der Waals surface area contributed by atoms with Gasteiger partial charge in [0, 0.05) is 37.7 Å². The number of benzene rings is 1. The molecule has 104 valence electrons. The second kappa shape index (κ2) is 6.68. The Kier molecular flexibility index (Phi) is 4.93. The molecule has 6 heteroatoms. The van der Waals surface area contributed by atoms with Gasteiger partial charge in [-0.1, -0.05) is 6.07 Å². The van der Waals surface area contributed by atoms with E-state index in [0.29, 0.717) is 16.9 Å². The molecule has 5 nitrogen and oxygen atoms in total. The van der Waals surface area contributed by atoms with Crippen molar-refractivity contribution in [3.8, 4) is 0 Å². The zero-order valence-electron chi connectivity index (χ0n) is 10.9. The molecule has 1 amide bonds. The van der Waals surface area contributed by atoms with Gasteiger partial charge in [0.1, 0.15) is 0 Å². The summed E-state index contributed by atoms with van der Waals surface area (Å²) in [7, 11) is 0. The molecule has 1 aliphatic heterocycles. The van der Waals surface area contributed by atoms with Gasteiger partial charge in [0.2, 0.25) is 0 Å². The van der Waals surface area contributed by atoms with Crippen LogP contribution in [0.15, 0.2) is 18.2 Å². The second-order valence-electron chi connectivity index (χ2n) is 4.51. The summed E-state index contributed by atoms with van der Waals surface area (Å²) in [6.45, 7) is 3.96. The molecule has 1 aromatic carbocycles. The zero-order valence-corrected chi connectivity index (χ0v) is 11.7. The lowest BCUT2D eigenvalue weighted by Crippen LogP contribution is -2.36. The molecule has 0 saturated carbocycles. The Labute approximate surface area is 117 Å². The van der Waals surface area contributed by atoms with E-state index in [-0.39, 0.29) is 0 Å². The van der Waals surface area contributed by atoms with Crippen molar-refractivity contribution in [2.24, 2.45) is 5.73 Å². The Balaban J connectivity index is 1.93. The minimum absolute atomic E-state index is 0.453. The summed E-state index contributed by atoms with van der Waals surface area (Å²) in [6.07, 6.45) is 0. The van der Waals surface area contributed by atoms with Gasteiger partial charge in [-0.25, -0.2) is 0 Å². The molecule has 5 N–H and O–H groups in total. The Morgan fingerprint density at radius 2 is 2.11 bits per heavy atom. The van der Waals surface area contributed by atoms with Crippen LogP contribution < -0.4 is 16.8 Å². The number of amides is 1. The molecule has 1 saturated heterocycles. The van der Waals surface area contributed by atoms with E-state index in [0.717, 1.165) is 26.2 Å². The second-order valence-corrected chi connectivity index (χ2v) is 5.74. The van der Waals surface area contributed by atoms with Crippen LogP contribution in [0.4, 0.5) is 11.4 Å². The number of rotatable bonds is 5. The first kappa shape index (κ1) is 14.0. The number of hydrogen-bond donors (Lipinski definition) is 3. The fraction of sp³-hybridized carbons (Fsp3) is 0.462. The topological polar surface area (TPSA) is 84.4 Å². The third-order valence-corrected chi connectivity index (χ3v) is 4.14. The number of nitrogen functional groups attached to an aromatic ring is 1. The highest BCUT2D eigenvalue weighted by molar-refractivity contribution is 7.99. The van der Waals surface area contributed by atoms with Crippen LogP contribution in [0.25, 0.3) is 0 Å². The first-order valence-corrected chi connectivity index (χ1v) is 7.56. The Morgan fingerprint density at radius 1 is 1.37 bits per heavy atom. The molecule has 0 aromatic heterocycles. The lowest BCUT2D eigenvalue weighted by Gasteiger charge is -2.26. The number of hydrogen-bond acceptors (Lipinski definition) is 5. The number of primary amides is 1. The standard InChI is InChI=1S/C13H20N4OS/c14-11-3-1-2-10(13(15)18)12(11)16-4-5-17-6-8-19-9-7-17/h1-3,16H,4-9,14H2,(H2,15,18). The highest BCUT2D eigenvalue weighted by Gasteiger charge is 2.12. The first-order valence-electron chi connectivity index (χ1n) is 6.41. The normalized spacial score (nSPS) is 16.2. The number of para-hydroxylation sites is 1. The van der Waals surface area contributed by atoms with Crippen molar-refractivity contribution in [3.05, 3.63) is 23.8 Å². The maximum absolute atomic E-state index is 11.4. The molecule has 0 radical (unpaired) electrons. The van der Waals surface area contributed by atoms with Gasteiger partial charge in [-0.3, -0.25) is 9.69 Å².